The average Bonchev–Trinajstić information content (AvgIpc) is 2.51. The van der Waals surface area contributed by atoms with Crippen LogP contribution in [-0.4, -0.2) is 17.6 Å². The number of nitrogens with one attached hydrogen (secondary N) is 1. The van der Waals surface area contributed by atoms with E-state index in [1.165, 1.54) is 0 Å². The molecule has 3 nitrogen and oxygen atoms in total. The molecule has 0 saturated heterocycles. The fourth-order valence-electron chi connectivity index (χ4n) is 0.930. The first-order valence-corrected chi connectivity index (χ1v) is 3.76. The summed E-state index contributed by atoms with van der Waals surface area (Å²) in [7, 11) is 0. The van der Waals surface area contributed by atoms with Gasteiger partial charge in [-0.2, -0.15) is 0 Å². The van der Waals surface area contributed by atoms with Crippen LogP contribution in [-0.2, 0) is 4.74 Å². The quantitative estimate of drug-likeness (QED) is 0.694. The number of esters is 1. The topological polar surface area (TPSA) is 42.1 Å². The van der Waals surface area contributed by atoms with Crippen LogP contribution in [0.4, 0.5) is 0 Å². The predicted octanol–water partition coefficient (Wildman–Crippen LogP) is 1.83. The Kier molecular flexibility index (Phi) is 2.69. The van der Waals surface area contributed by atoms with Crippen molar-refractivity contribution < 1.29 is 9.53 Å². The summed E-state index contributed by atoms with van der Waals surface area (Å²) < 4.78 is 4.82. The molecular formula is C9H11NO2. The zero-order valence-electron chi connectivity index (χ0n) is 6.96. The second kappa shape index (κ2) is 3.76. The van der Waals surface area contributed by atoms with Gasteiger partial charge < -0.3 is 9.72 Å². The van der Waals surface area contributed by atoms with Crippen molar-refractivity contribution in [2.45, 2.75) is 6.92 Å². The lowest BCUT2D eigenvalue weighted by Crippen LogP contribution is -2.04. The van der Waals surface area contributed by atoms with Crippen LogP contribution in [0.3, 0.4) is 0 Å². The summed E-state index contributed by atoms with van der Waals surface area (Å²) in [5, 5.41) is 0. The summed E-state index contributed by atoms with van der Waals surface area (Å²) in [6.45, 7) is 5.74. The van der Waals surface area contributed by atoms with Crippen molar-refractivity contribution in [1.82, 2.24) is 4.98 Å². The maximum atomic E-state index is 11.2. The Morgan fingerprint density at radius 3 is 3.08 bits per heavy atom. The minimum Gasteiger partial charge on any atom is -0.462 e. The van der Waals surface area contributed by atoms with Crippen LogP contribution >= 0.6 is 0 Å². The van der Waals surface area contributed by atoms with Gasteiger partial charge in [-0.1, -0.05) is 12.7 Å². The van der Waals surface area contributed by atoms with E-state index in [9.17, 15) is 4.79 Å². The Bertz CT molecular complexity index is 288. The maximum Gasteiger partial charge on any atom is 0.340 e. The van der Waals surface area contributed by atoms with Gasteiger partial charge in [-0.3, -0.25) is 0 Å². The highest BCUT2D eigenvalue weighted by Gasteiger charge is 2.10. The number of aromatic amines is 1. The minimum absolute atomic E-state index is 0.311. The fourth-order valence-corrected chi connectivity index (χ4v) is 0.930. The van der Waals surface area contributed by atoms with Gasteiger partial charge >= 0.3 is 5.97 Å². The molecule has 64 valence electrons. The Labute approximate surface area is 71.1 Å². The first-order chi connectivity index (χ1) is 5.79. The molecule has 1 aromatic heterocycles. The highest BCUT2D eigenvalue weighted by molar-refractivity contribution is 5.93. The summed E-state index contributed by atoms with van der Waals surface area (Å²) >= 11 is 0. The largest absolute Gasteiger partial charge is 0.462 e. The van der Waals surface area contributed by atoms with E-state index in [1.54, 1.807) is 25.4 Å². The molecule has 0 aromatic carbocycles. The zero-order chi connectivity index (χ0) is 8.97. The van der Waals surface area contributed by atoms with Crippen LogP contribution in [0.2, 0.25) is 0 Å². The Hall–Kier alpha value is -1.51. The molecule has 1 heterocycles. The van der Waals surface area contributed by atoms with Crippen LogP contribution in [0.5, 0.6) is 0 Å². The van der Waals surface area contributed by atoms with Gasteiger partial charge in [-0.25, -0.2) is 4.79 Å². The van der Waals surface area contributed by atoms with Crippen molar-refractivity contribution in [3.8, 4) is 0 Å². The van der Waals surface area contributed by atoms with Gasteiger partial charge in [0, 0.05) is 18.0 Å². The Morgan fingerprint density at radius 1 is 1.75 bits per heavy atom. The molecule has 0 atom stereocenters. The molecule has 0 radical (unpaired) electrons. The molecule has 12 heavy (non-hydrogen) atoms. The summed E-state index contributed by atoms with van der Waals surface area (Å²) in [5.74, 6) is -0.311. The van der Waals surface area contributed by atoms with Gasteiger partial charge in [0.15, 0.2) is 0 Å². The van der Waals surface area contributed by atoms with E-state index in [1.807, 2.05) is 0 Å². The number of hydrogen-bond donors (Lipinski definition) is 1. The van der Waals surface area contributed by atoms with Crippen LogP contribution in [0.25, 0.3) is 6.08 Å². The second-order valence-electron chi connectivity index (χ2n) is 2.25. The lowest BCUT2D eigenvalue weighted by atomic mass is 10.2. The van der Waals surface area contributed by atoms with Gasteiger partial charge in [0.1, 0.15) is 0 Å². The number of ether oxygens (including phenoxy) is 1. The summed E-state index contributed by atoms with van der Waals surface area (Å²) in [6.07, 6.45) is 4.93. The fraction of sp³-hybridized carbons (Fsp3) is 0.222. The van der Waals surface area contributed by atoms with Crippen molar-refractivity contribution in [2.75, 3.05) is 6.61 Å². The van der Waals surface area contributed by atoms with Crippen molar-refractivity contribution in [1.29, 1.82) is 0 Å². The Morgan fingerprint density at radius 2 is 2.50 bits per heavy atom. The predicted molar refractivity (Wildman–Crippen MR) is 46.8 cm³/mol. The van der Waals surface area contributed by atoms with E-state index in [-0.39, 0.29) is 5.97 Å². The normalized spacial score (nSPS) is 9.42. The smallest absolute Gasteiger partial charge is 0.340 e. The SMILES string of the molecule is C=Cc1c[nH]cc1C(=O)OCC. The molecule has 0 aliphatic carbocycles. The summed E-state index contributed by atoms with van der Waals surface area (Å²) in [5.41, 5.74) is 1.31. The van der Waals surface area contributed by atoms with Crippen molar-refractivity contribution >= 4 is 12.0 Å². The third-order valence-electron chi connectivity index (χ3n) is 1.49. The Balaban J connectivity index is 2.86. The van der Waals surface area contributed by atoms with Crippen molar-refractivity contribution in [3.05, 3.63) is 30.1 Å². The van der Waals surface area contributed by atoms with E-state index in [0.717, 1.165) is 5.56 Å². The maximum absolute atomic E-state index is 11.2. The highest BCUT2D eigenvalue weighted by Crippen LogP contribution is 2.10. The summed E-state index contributed by atoms with van der Waals surface area (Å²) in [6, 6.07) is 0. The van der Waals surface area contributed by atoms with E-state index in [0.29, 0.717) is 12.2 Å². The van der Waals surface area contributed by atoms with Gasteiger partial charge in [-0.15, -0.1) is 0 Å². The molecule has 0 aliphatic rings. The molecule has 0 unspecified atom stereocenters. The number of carbonyl (C=O) groups excluding carboxylic acids is 1. The number of rotatable bonds is 3. The van der Waals surface area contributed by atoms with E-state index >= 15 is 0 Å². The lowest BCUT2D eigenvalue weighted by molar-refractivity contribution is 0.0526. The molecule has 1 rings (SSSR count). The van der Waals surface area contributed by atoms with Gasteiger partial charge in [0.05, 0.1) is 12.2 Å². The van der Waals surface area contributed by atoms with E-state index < -0.39 is 0 Å². The number of H-pyrrole nitrogens is 1. The standard InChI is InChI=1S/C9H11NO2/c1-3-7-5-10-6-8(7)9(11)12-4-2/h3,5-6,10H,1,4H2,2H3. The van der Waals surface area contributed by atoms with Crippen LogP contribution < -0.4 is 0 Å². The molecule has 0 amide bonds. The molecule has 1 aromatic rings. The van der Waals surface area contributed by atoms with Gasteiger partial charge in [0.2, 0.25) is 0 Å². The zero-order valence-corrected chi connectivity index (χ0v) is 6.96. The first-order valence-electron chi connectivity index (χ1n) is 3.76. The molecule has 0 fully saturated rings. The second-order valence-corrected chi connectivity index (χ2v) is 2.25. The van der Waals surface area contributed by atoms with Crippen LogP contribution in [0, 0.1) is 0 Å². The molecule has 0 bridgehead atoms. The lowest BCUT2D eigenvalue weighted by Gasteiger charge is -1.99. The van der Waals surface area contributed by atoms with E-state index in [4.69, 9.17) is 4.74 Å². The molecule has 3 heteroatoms. The monoisotopic (exact) mass is 165 g/mol. The third kappa shape index (κ3) is 1.56. The van der Waals surface area contributed by atoms with Crippen LogP contribution in [0.15, 0.2) is 19.0 Å². The molecule has 0 spiro atoms. The van der Waals surface area contributed by atoms with Gasteiger partial charge in [-0.05, 0) is 6.92 Å². The number of hydrogen-bond acceptors (Lipinski definition) is 2. The van der Waals surface area contributed by atoms with Crippen molar-refractivity contribution in [3.63, 3.8) is 0 Å². The molecule has 0 saturated carbocycles. The number of carbonyl (C=O) groups is 1. The van der Waals surface area contributed by atoms with Crippen LogP contribution in [0.1, 0.15) is 22.8 Å². The number of aromatic nitrogens is 1. The summed E-state index contributed by atoms with van der Waals surface area (Å²) in [4.78, 5) is 14.0. The average molecular weight is 165 g/mol. The molecule has 1 N–H and O–H groups in total. The highest BCUT2D eigenvalue weighted by atomic mass is 16.5. The van der Waals surface area contributed by atoms with E-state index in [2.05, 4.69) is 11.6 Å². The van der Waals surface area contributed by atoms with Gasteiger partial charge in [0.25, 0.3) is 0 Å². The molecule has 0 aliphatic heterocycles. The minimum atomic E-state index is -0.311. The first kappa shape index (κ1) is 8.59. The van der Waals surface area contributed by atoms with Crippen molar-refractivity contribution in [2.24, 2.45) is 0 Å². The third-order valence-corrected chi connectivity index (χ3v) is 1.49. The molecular weight excluding hydrogens is 154 g/mol.